The number of carbonyl (C=O) groups is 2. The van der Waals surface area contributed by atoms with Crippen LogP contribution in [0.2, 0.25) is 0 Å². The largest absolute Gasteiger partial charge is 0.460 e. The Kier molecular flexibility index (Phi) is 7.06. The molecule has 2 bridgehead atoms. The minimum Gasteiger partial charge on any atom is -0.460 e. The van der Waals surface area contributed by atoms with Gasteiger partial charge in [-0.1, -0.05) is 47.6 Å². The highest BCUT2D eigenvalue weighted by Crippen LogP contribution is 2.67. The normalized spacial score (nSPS) is 46.5. The third-order valence-electron chi connectivity index (χ3n) is 8.70. The number of esters is 1. The van der Waals surface area contributed by atoms with Crippen molar-refractivity contribution in [2.45, 2.75) is 85.9 Å². The molecule has 0 spiro atoms. The number of carbonyl (C=O) groups excluding carboxylic acids is 2. The van der Waals surface area contributed by atoms with Crippen molar-refractivity contribution in [3.8, 4) is 0 Å². The zero-order chi connectivity index (χ0) is 22.2. The Morgan fingerprint density at radius 3 is 2.45 bits per heavy atom. The highest BCUT2D eigenvalue weighted by Gasteiger charge is 2.68. The van der Waals surface area contributed by atoms with E-state index < -0.39 is 35.6 Å². The second-order valence-corrected chi connectivity index (χ2v) is 9.72. The Labute approximate surface area is 175 Å². The van der Waals surface area contributed by atoms with Gasteiger partial charge in [0.05, 0.1) is 6.10 Å². The third kappa shape index (κ3) is 3.48. The Morgan fingerprint density at radius 2 is 1.90 bits per heavy atom. The van der Waals surface area contributed by atoms with Gasteiger partial charge < -0.3 is 14.9 Å². The molecule has 166 valence electrons. The van der Waals surface area contributed by atoms with Crippen molar-refractivity contribution in [2.24, 2.45) is 34.0 Å². The maximum absolute atomic E-state index is 13.1. The zero-order valence-corrected chi connectivity index (χ0v) is 19.0. The number of rotatable bonds is 3. The molecule has 2 N–H and O–H groups in total. The van der Waals surface area contributed by atoms with E-state index in [9.17, 15) is 19.8 Å². The molecule has 0 aromatic heterocycles. The molecule has 5 heteroatoms. The van der Waals surface area contributed by atoms with E-state index in [0.717, 1.165) is 19.3 Å². The summed E-state index contributed by atoms with van der Waals surface area (Å²) in [5.41, 5.74) is -1.43. The highest BCUT2D eigenvalue weighted by atomic mass is 16.6. The fourth-order valence-electron chi connectivity index (χ4n) is 6.70. The van der Waals surface area contributed by atoms with E-state index in [2.05, 4.69) is 27.4 Å². The van der Waals surface area contributed by atoms with E-state index >= 15 is 0 Å². The molecule has 0 radical (unpaired) electrons. The van der Waals surface area contributed by atoms with Gasteiger partial charge in [-0.05, 0) is 42.9 Å². The van der Waals surface area contributed by atoms with Crippen molar-refractivity contribution < 1.29 is 24.5 Å². The smallest absolute Gasteiger partial charge is 0.332 e. The van der Waals surface area contributed by atoms with Gasteiger partial charge in [0.1, 0.15) is 18.5 Å². The average molecular weight is 409 g/mol. The van der Waals surface area contributed by atoms with Gasteiger partial charge in [0.2, 0.25) is 0 Å². The summed E-state index contributed by atoms with van der Waals surface area (Å²) < 4.78 is 5.77. The number of hydrogen-bond acceptors (Lipinski definition) is 5. The van der Waals surface area contributed by atoms with Crippen LogP contribution in [0.1, 0.15) is 73.6 Å². The van der Waals surface area contributed by atoms with E-state index in [1.165, 1.54) is 0 Å². The summed E-state index contributed by atoms with van der Waals surface area (Å²) in [6.07, 6.45) is 4.10. The Morgan fingerprint density at radius 1 is 1.28 bits per heavy atom. The molecule has 3 aliphatic rings. The summed E-state index contributed by atoms with van der Waals surface area (Å²) in [5, 5.41) is 20.6. The molecule has 3 rings (SSSR count). The monoisotopic (exact) mass is 408 g/mol. The molecule has 5 nitrogen and oxygen atoms in total. The van der Waals surface area contributed by atoms with E-state index in [1.54, 1.807) is 6.08 Å². The van der Waals surface area contributed by atoms with Gasteiger partial charge in [0.25, 0.3) is 0 Å². The molecule has 8 unspecified atom stereocenters. The lowest BCUT2D eigenvalue weighted by molar-refractivity contribution is -0.207. The van der Waals surface area contributed by atoms with Crippen molar-refractivity contribution in [1.29, 1.82) is 0 Å². The maximum Gasteiger partial charge on any atom is 0.332 e. The lowest BCUT2D eigenvalue weighted by Crippen LogP contribution is -2.63. The van der Waals surface area contributed by atoms with Gasteiger partial charge in [-0.2, -0.15) is 0 Å². The zero-order valence-electron chi connectivity index (χ0n) is 19.0. The standard InChI is InChI=1S/C22H34O5.C2H6/c1-6-20(4)11-16(27-17(25)12-23)21(5)13(2)7-9-22(14(3)19(20)26)10-8-15(24)18(21)22;1-2/h6,13-14,16,18-19,23,26H,1,7-12H2,2-5H3;1-2H3. The predicted molar refractivity (Wildman–Crippen MR) is 113 cm³/mol. The van der Waals surface area contributed by atoms with Crippen LogP contribution >= 0.6 is 0 Å². The van der Waals surface area contributed by atoms with Crippen LogP contribution < -0.4 is 0 Å². The molecule has 0 aliphatic heterocycles. The van der Waals surface area contributed by atoms with Gasteiger partial charge in [-0.15, -0.1) is 6.58 Å². The lowest BCUT2D eigenvalue weighted by atomic mass is 9.44. The molecule has 3 fully saturated rings. The van der Waals surface area contributed by atoms with Crippen LogP contribution in [0.4, 0.5) is 0 Å². The van der Waals surface area contributed by atoms with Crippen LogP contribution in [-0.2, 0) is 14.3 Å². The minimum absolute atomic E-state index is 0.0433. The first-order chi connectivity index (χ1) is 13.6. The number of aliphatic hydroxyl groups is 2. The van der Waals surface area contributed by atoms with Crippen molar-refractivity contribution in [2.75, 3.05) is 6.61 Å². The number of ether oxygens (including phenoxy) is 1. The first-order valence-corrected chi connectivity index (χ1v) is 11.2. The first kappa shape index (κ1) is 24.1. The molecular formula is C24H40O5. The first-order valence-electron chi connectivity index (χ1n) is 11.2. The van der Waals surface area contributed by atoms with Crippen LogP contribution in [0.5, 0.6) is 0 Å². The molecule has 0 saturated heterocycles. The fraction of sp³-hybridized carbons (Fsp3) is 0.833. The summed E-state index contributed by atoms with van der Waals surface area (Å²) in [5.74, 6) is -0.520. The number of aliphatic hydroxyl groups excluding tert-OH is 2. The summed E-state index contributed by atoms with van der Waals surface area (Å²) >= 11 is 0. The van der Waals surface area contributed by atoms with E-state index in [1.807, 2.05) is 20.8 Å². The van der Waals surface area contributed by atoms with E-state index in [-0.39, 0.29) is 29.0 Å². The molecule has 8 atom stereocenters. The van der Waals surface area contributed by atoms with E-state index in [4.69, 9.17) is 4.74 Å². The summed E-state index contributed by atoms with van der Waals surface area (Å²) in [4.78, 5) is 25.2. The maximum atomic E-state index is 13.1. The van der Waals surface area contributed by atoms with Gasteiger partial charge in [0, 0.05) is 23.2 Å². The number of ketones is 1. The van der Waals surface area contributed by atoms with Gasteiger partial charge in [-0.3, -0.25) is 4.79 Å². The number of Topliss-reactive ketones (excluding diaryl/α,β-unsaturated/α-hetero) is 1. The van der Waals surface area contributed by atoms with Crippen molar-refractivity contribution in [1.82, 2.24) is 0 Å². The second-order valence-electron chi connectivity index (χ2n) is 9.72. The topological polar surface area (TPSA) is 83.8 Å². The van der Waals surface area contributed by atoms with Crippen LogP contribution in [0.25, 0.3) is 0 Å². The average Bonchev–Trinajstić information content (AvgIpc) is 3.08. The second kappa shape index (κ2) is 8.50. The molecule has 0 aromatic rings. The molecule has 3 saturated carbocycles. The van der Waals surface area contributed by atoms with E-state index in [0.29, 0.717) is 12.8 Å². The van der Waals surface area contributed by atoms with Crippen LogP contribution in [-0.4, -0.2) is 40.8 Å². The quantitative estimate of drug-likeness (QED) is 0.546. The Balaban J connectivity index is 0.00000145. The molecule has 29 heavy (non-hydrogen) atoms. The molecule has 3 aliphatic carbocycles. The highest BCUT2D eigenvalue weighted by molar-refractivity contribution is 5.85. The summed E-state index contributed by atoms with van der Waals surface area (Å²) in [6, 6.07) is 0. The Hall–Kier alpha value is -1.20. The number of hydrogen-bond donors (Lipinski definition) is 2. The molecular weight excluding hydrogens is 368 g/mol. The van der Waals surface area contributed by atoms with Crippen LogP contribution in [0.3, 0.4) is 0 Å². The molecule has 0 aromatic carbocycles. The van der Waals surface area contributed by atoms with Gasteiger partial charge in [0.15, 0.2) is 0 Å². The van der Waals surface area contributed by atoms with Crippen molar-refractivity contribution in [3.63, 3.8) is 0 Å². The molecule has 0 amide bonds. The van der Waals surface area contributed by atoms with Crippen molar-refractivity contribution in [3.05, 3.63) is 12.7 Å². The Bertz CT molecular complexity index is 645. The lowest BCUT2D eigenvalue weighted by Gasteiger charge is -2.61. The predicted octanol–water partition coefficient (Wildman–Crippen LogP) is 3.91. The fourth-order valence-corrected chi connectivity index (χ4v) is 6.70. The van der Waals surface area contributed by atoms with Gasteiger partial charge in [-0.25, -0.2) is 4.79 Å². The minimum atomic E-state index is -0.686. The van der Waals surface area contributed by atoms with Gasteiger partial charge >= 0.3 is 5.97 Å². The SMILES string of the molecule is C=CC1(C)CC(OC(=O)CO)C2(C)C(C)CCC3(CCC(=O)C32)C(C)C1O.CC. The van der Waals surface area contributed by atoms with Crippen LogP contribution in [0, 0.1) is 34.0 Å². The van der Waals surface area contributed by atoms with Crippen LogP contribution in [0.15, 0.2) is 12.7 Å². The van der Waals surface area contributed by atoms with Crippen molar-refractivity contribution >= 4 is 11.8 Å². The summed E-state index contributed by atoms with van der Waals surface area (Å²) in [7, 11) is 0. The summed E-state index contributed by atoms with van der Waals surface area (Å²) in [6.45, 7) is 15.5. The molecule has 0 heterocycles. The third-order valence-corrected chi connectivity index (χ3v) is 8.70.